The molecule has 4 rings (SSSR count). The van der Waals surface area contributed by atoms with Gasteiger partial charge in [-0.1, -0.05) is 40.2 Å². The summed E-state index contributed by atoms with van der Waals surface area (Å²) in [4.78, 5) is 31.3. The van der Waals surface area contributed by atoms with Crippen LogP contribution in [-0.4, -0.2) is 15.5 Å². The molecule has 4 aromatic rings. The summed E-state index contributed by atoms with van der Waals surface area (Å²) < 4.78 is 2.49. The third-order valence-electron chi connectivity index (χ3n) is 4.42. The Hall–Kier alpha value is -2.97. The van der Waals surface area contributed by atoms with Crippen molar-refractivity contribution in [3.05, 3.63) is 80.4 Å². The van der Waals surface area contributed by atoms with Gasteiger partial charge in [-0.2, -0.15) is 0 Å². The maximum absolute atomic E-state index is 12.6. The number of amides is 1. The van der Waals surface area contributed by atoms with E-state index in [1.54, 1.807) is 24.3 Å². The summed E-state index contributed by atoms with van der Waals surface area (Å²) in [6.07, 6.45) is 0. The summed E-state index contributed by atoms with van der Waals surface area (Å²) in [6.45, 7) is 2.29. The number of thiophene rings is 1. The second kappa shape index (κ2) is 8.18. The number of benzene rings is 2. The minimum Gasteiger partial charge on any atom is -0.277 e. The Balaban J connectivity index is 1.54. The van der Waals surface area contributed by atoms with Crippen molar-refractivity contribution in [2.45, 2.75) is 13.5 Å². The molecule has 0 fully saturated rings. The van der Waals surface area contributed by atoms with E-state index in [9.17, 15) is 9.59 Å². The van der Waals surface area contributed by atoms with E-state index >= 15 is 0 Å². The molecule has 0 radical (unpaired) electrons. The normalized spacial score (nSPS) is 10.8. The minimum absolute atomic E-state index is 0.150. The second-order valence-electron chi connectivity index (χ2n) is 6.25. The Morgan fingerprint density at radius 3 is 2.62 bits per heavy atom. The van der Waals surface area contributed by atoms with Crippen LogP contribution in [0.2, 0.25) is 0 Å². The standard InChI is InChI=1S/C21H17BrN4O2S/c1-2-26-20(28)15-5-3-4-6-16(15)23-21(26)25-24-19(27)18-12-11-17(29-18)13-7-9-14(22)10-8-13/h3-12H,2H2,1H3,(H,23,25)(H,24,27). The number of fused-ring (bicyclic) bond motifs is 1. The molecular weight excluding hydrogens is 452 g/mol. The van der Waals surface area contributed by atoms with Gasteiger partial charge < -0.3 is 0 Å². The SMILES string of the molecule is CCn1c(NNC(=O)c2ccc(-c3ccc(Br)cc3)s2)nc2ccccc2c1=O. The first-order valence-corrected chi connectivity index (χ1v) is 10.6. The molecule has 29 heavy (non-hydrogen) atoms. The van der Waals surface area contributed by atoms with Crippen LogP contribution in [0, 0.1) is 0 Å². The third-order valence-corrected chi connectivity index (χ3v) is 6.09. The van der Waals surface area contributed by atoms with Gasteiger partial charge in [-0.25, -0.2) is 4.98 Å². The predicted octanol–water partition coefficient (Wildman–Crippen LogP) is 4.66. The van der Waals surface area contributed by atoms with Gasteiger partial charge in [0.25, 0.3) is 11.5 Å². The quantitative estimate of drug-likeness (QED) is 0.417. The maximum Gasteiger partial charge on any atom is 0.279 e. The summed E-state index contributed by atoms with van der Waals surface area (Å²) in [7, 11) is 0. The van der Waals surface area contributed by atoms with E-state index in [2.05, 4.69) is 31.8 Å². The fourth-order valence-corrected chi connectivity index (χ4v) is 4.13. The highest BCUT2D eigenvalue weighted by Crippen LogP contribution is 2.29. The first kappa shape index (κ1) is 19.4. The van der Waals surface area contributed by atoms with E-state index in [1.807, 2.05) is 43.3 Å². The second-order valence-corrected chi connectivity index (χ2v) is 8.25. The van der Waals surface area contributed by atoms with Crippen LogP contribution in [0.5, 0.6) is 0 Å². The lowest BCUT2D eigenvalue weighted by molar-refractivity contribution is 0.0966. The lowest BCUT2D eigenvalue weighted by Gasteiger charge is -2.13. The molecule has 0 aliphatic rings. The van der Waals surface area contributed by atoms with Crippen molar-refractivity contribution in [1.82, 2.24) is 15.0 Å². The van der Waals surface area contributed by atoms with Crippen molar-refractivity contribution in [2.75, 3.05) is 5.43 Å². The molecule has 1 amide bonds. The topological polar surface area (TPSA) is 76.0 Å². The van der Waals surface area contributed by atoms with Crippen molar-refractivity contribution < 1.29 is 4.79 Å². The number of hydrogen-bond donors (Lipinski definition) is 2. The van der Waals surface area contributed by atoms with E-state index in [4.69, 9.17) is 0 Å². The molecule has 0 aliphatic heterocycles. The molecular formula is C21H17BrN4O2S. The molecule has 0 saturated carbocycles. The molecule has 0 unspecified atom stereocenters. The molecule has 146 valence electrons. The number of aromatic nitrogens is 2. The average Bonchev–Trinajstić information content (AvgIpc) is 3.23. The van der Waals surface area contributed by atoms with Gasteiger partial charge in [0.2, 0.25) is 5.95 Å². The Morgan fingerprint density at radius 2 is 1.86 bits per heavy atom. The number of carbonyl (C=O) groups excluding carboxylic acids is 1. The Kier molecular flexibility index (Phi) is 5.46. The monoisotopic (exact) mass is 468 g/mol. The summed E-state index contributed by atoms with van der Waals surface area (Å²) in [6, 6.07) is 18.8. The lowest BCUT2D eigenvalue weighted by atomic mass is 10.2. The van der Waals surface area contributed by atoms with Crippen LogP contribution in [0.3, 0.4) is 0 Å². The number of halogens is 1. The Labute approximate surface area is 179 Å². The Morgan fingerprint density at radius 1 is 1.10 bits per heavy atom. The molecule has 2 aromatic heterocycles. The zero-order valence-corrected chi connectivity index (χ0v) is 17.9. The van der Waals surface area contributed by atoms with Crippen molar-refractivity contribution >= 4 is 50.0 Å². The lowest BCUT2D eigenvalue weighted by Crippen LogP contribution is -2.34. The number of rotatable bonds is 5. The zero-order chi connectivity index (χ0) is 20.4. The predicted molar refractivity (Wildman–Crippen MR) is 120 cm³/mol. The first-order valence-electron chi connectivity index (χ1n) is 8.98. The molecule has 6 nitrogen and oxygen atoms in total. The fraction of sp³-hybridized carbons (Fsp3) is 0.0952. The largest absolute Gasteiger partial charge is 0.279 e. The van der Waals surface area contributed by atoms with Crippen molar-refractivity contribution in [2.24, 2.45) is 0 Å². The summed E-state index contributed by atoms with van der Waals surface area (Å²) >= 11 is 4.82. The summed E-state index contributed by atoms with van der Waals surface area (Å²) in [5, 5.41) is 0.545. The molecule has 0 saturated heterocycles. The smallest absolute Gasteiger partial charge is 0.277 e. The fourth-order valence-electron chi connectivity index (χ4n) is 2.96. The van der Waals surface area contributed by atoms with E-state index in [0.717, 1.165) is 14.9 Å². The first-order chi connectivity index (χ1) is 14.1. The molecule has 2 aromatic carbocycles. The minimum atomic E-state index is -0.288. The van der Waals surface area contributed by atoms with Crippen LogP contribution < -0.4 is 16.4 Å². The van der Waals surface area contributed by atoms with Gasteiger partial charge in [-0.05, 0) is 48.9 Å². The van der Waals surface area contributed by atoms with Gasteiger partial charge >= 0.3 is 0 Å². The maximum atomic E-state index is 12.6. The highest BCUT2D eigenvalue weighted by Gasteiger charge is 2.13. The number of hydrogen-bond acceptors (Lipinski definition) is 5. The van der Waals surface area contributed by atoms with Crippen LogP contribution in [0.15, 0.2) is 69.9 Å². The summed E-state index contributed by atoms with van der Waals surface area (Å²) in [5.41, 5.74) is 6.92. The average molecular weight is 469 g/mol. The number of hydrazine groups is 1. The molecule has 2 heterocycles. The molecule has 2 N–H and O–H groups in total. The molecule has 0 spiro atoms. The van der Waals surface area contributed by atoms with E-state index in [-0.39, 0.29) is 11.5 Å². The van der Waals surface area contributed by atoms with Crippen LogP contribution in [0.4, 0.5) is 5.95 Å². The van der Waals surface area contributed by atoms with Crippen molar-refractivity contribution in [1.29, 1.82) is 0 Å². The van der Waals surface area contributed by atoms with Gasteiger partial charge in [0.05, 0.1) is 15.8 Å². The number of nitrogens with one attached hydrogen (secondary N) is 2. The Bertz CT molecular complexity index is 1250. The van der Waals surface area contributed by atoms with Crippen LogP contribution in [-0.2, 0) is 6.54 Å². The van der Waals surface area contributed by atoms with Crippen LogP contribution >= 0.6 is 27.3 Å². The summed E-state index contributed by atoms with van der Waals surface area (Å²) in [5.74, 6) is 0.0117. The van der Waals surface area contributed by atoms with Gasteiger partial charge in [-0.3, -0.25) is 25.0 Å². The van der Waals surface area contributed by atoms with E-state index in [1.165, 1.54) is 15.9 Å². The molecule has 0 atom stereocenters. The van der Waals surface area contributed by atoms with Crippen LogP contribution in [0.1, 0.15) is 16.6 Å². The number of anilines is 1. The van der Waals surface area contributed by atoms with Gasteiger partial charge in [0.15, 0.2) is 0 Å². The molecule has 0 aliphatic carbocycles. The van der Waals surface area contributed by atoms with E-state index < -0.39 is 0 Å². The third kappa shape index (κ3) is 3.94. The highest BCUT2D eigenvalue weighted by atomic mass is 79.9. The van der Waals surface area contributed by atoms with Crippen molar-refractivity contribution in [3.63, 3.8) is 0 Å². The highest BCUT2D eigenvalue weighted by molar-refractivity contribution is 9.10. The van der Waals surface area contributed by atoms with Gasteiger partial charge in [0, 0.05) is 15.9 Å². The number of nitrogens with zero attached hydrogens (tertiary/aromatic N) is 2. The molecule has 8 heteroatoms. The molecule has 0 bridgehead atoms. The van der Waals surface area contributed by atoms with Crippen LogP contribution in [0.25, 0.3) is 21.3 Å². The van der Waals surface area contributed by atoms with E-state index in [0.29, 0.717) is 28.3 Å². The number of carbonyl (C=O) groups is 1. The zero-order valence-electron chi connectivity index (χ0n) is 15.5. The van der Waals surface area contributed by atoms with Gasteiger partial charge in [0.1, 0.15) is 0 Å². The van der Waals surface area contributed by atoms with Crippen molar-refractivity contribution in [3.8, 4) is 10.4 Å². The number of para-hydroxylation sites is 1. The van der Waals surface area contributed by atoms with Gasteiger partial charge in [-0.15, -0.1) is 11.3 Å².